The Labute approximate surface area is 135 Å². The Bertz CT molecular complexity index is 656. The van der Waals surface area contributed by atoms with Crippen LogP contribution in [0.2, 0.25) is 0 Å². The molecule has 0 saturated heterocycles. The molecule has 0 aliphatic carbocycles. The van der Waals surface area contributed by atoms with Crippen LogP contribution in [0.4, 0.5) is 16.2 Å². The molecule has 0 aliphatic heterocycles. The topological polar surface area (TPSA) is 74.3 Å². The molecule has 0 atom stereocenters. The minimum atomic E-state index is -0.262. The molecular formula is C17H20N4O2. The van der Waals surface area contributed by atoms with Gasteiger partial charge in [-0.15, -0.1) is 0 Å². The van der Waals surface area contributed by atoms with Crippen LogP contribution in [0.1, 0.15) is 12.5 Å². The number of rotatable bonds is 5. The molecule has 0 unspecified atom stereocenters. The van der Waals surface area contributed by atoms with Gasteiger partial charge in [0.2, 0.25) is 5.91 Å². The van der Waals surface area contributed by atoms with Gasteiger partial charge in [-0.2, -0.15) is 0 Å². The van der Waals surface area contributed by atoms with Crippen LogP contribution in [-0.2, 0) is 11.2 Å². The number of aromatic nitrogens is 1. The lowest BCUT2D eigenvalue weighted by Gasteiger charge is -2.15. The van der Waals surface area contributed by atoms with Crippen molar-refractivity contribution in [2.45, 2.75) is 13.3 Å². The molecule has 6 heteroatoms. The second-order valence-electron chi connectivity index (χ2n) is 5.12. The van der Waals surface area contributed by atoms with Gasteiger partial charge in [0.15, 0.2) is 0 Å². The van der Waals surface area contributed by atoms with Crippen LogP contribution in [0.3, 0.4) is 0 Å². The molecule has 3 amide bonds. The first-order valence-corrected chi connectivity index (χ1v) is 7.34. The fraction of sp³-hybridized carbons (Fsp3) is 0.235. The Morgan fingerprint density at radius 1 is 1.17 bits per heavy atom. The standard InChI is InChI=1S/C17H20N4O2/c1-13(22)21(2)16-7-5-15(6-8-16)20-17(23)19-11-9-14-4-3-10-18-12-14/h3-8,10,12H,9,11H2,1-2H3,(H2,19,20,23). The van der Waals surface area contributed by atoms with Crippen LogP contribution >= 0.6 is 0 Å². The maximum absolute atomic E-state index is 11.8. The van der Waals surface area contributed by atoms with Crippen molar-refractivity contribution >= 4 is 23.3 Å². The summed E-state index contributed by atoms with van der Waals surface area (Å²) in [6, 6.07) is 10.7. The Hall–Kier alpha value is -2.89. The van der Waals surface area contributed by atoms with E-state index in [1.807, 2.05) is 12.1 Å². The van der Waals surface area contributed by atoms with Gasteiger partial charge in [-0.05, 0) is 42.3 Å². The molecule has 1 aromatic heterocycles. The van der Waals surface area contributed by atoms with Gasteiger partial charge in [-0.3, -0.25) is 9.78 Å². The number of carbonyl (C=O) groups excluding carboxylic acids is 2. The summed E-state index contributed by atoms with van der Waals surface area (Å²) in [6.45, 7) is 2.03. The van der Waals surface area contributed by atoms with Gasteiger partial charge < -0.3 is 15.5 Å². The molecule has 120 valence electrons. The van der Waals surface area contributed by atoms with Gasteiger partial charge in [-0.25, -0.2) is 4.79 Å². The number of anilines is 2. The van der Waals surface area contributed by atoms with E-state index in [0.29, 0.717) is 12.2 Å². The van der Waals surface area contributed by atoms with Crippen LogP contribution in [0, 0.1) is 0 Å². The number of amides is 3. The fourth-order valence-corrected chi connectivity index (χ4v) is 1.99. The third-order valence-corrected chi connectivity index (χ3v) is 3.41. The zero-order chi connectivity index (χ0) is 16.7. The molecule has 0 aliphatic rings. The van der Waals surface area contributed by atoms with E-state index in [2.05, 4.69) is 15.6 Å². The Balaban J connectivity index is 1.80. The number of benzene rings is 1. The summed E-state index contributed by atoms with van der Waals surface area (Å²) in [7, 11) is 1.70. The number of nitrogens with one attached hydrogen (secondary N) is 2. The first-order valence-electron chi connectivity index (χ1n) is 7.34. The normalized spacial score (nSPS) is 10.0. The largest absolute Gasteiger partial charge is 0.338 e. The summed E-state index contributed by atoms with van der Waals surface area (Å²) < 4.78 is 0. The molecule has 6 nitrogen and oxygen atoms in total. The Morgan fingerprint density at radius 2 is 1.91 bits per heavy atom. The van der Waals surface area contributed by atoms with Crippen molar-refractivity contribution in [3.63, 3.8) is 0 Å². The van der Waals surface area contributed by atoms with E-state index in [-0.39, 0.29) is 11.9 Å². The number of urea groups is 1. The number of hydrogen-bond donors (Lipinski definition) is 2. The van der Waals surface area contributed by atoms with Crippen LogP contribution in [-0.4, -0.2) is 30.5 Å². The fourth-order valence-electron chi connectivity index (χ4n) is 1.99. The van der Waals surface area contributed by atoms with E-state index in [0.717, 1.165) is 17.7 Å². The minimum absolute atomic E-state index is 0.0427. The first-order chi connectivity index (χ1) is 11.1. The molecule has 1 heterocycles. The lowest BCUT2D eigenvalue weighted by atomic mass is 10.2. The third-order valence-electron chi connectivity index (χ3n) is 3.41. The third kappa shape index (κ3) is 5.10. The summed E-state index contributed by atoms with van der Waals surface area (Å²) >= 11 is 0. The van der Waals surface area contributed by atoms with Crippen molar-refractivity contribution in [2.75, 3.05) is 23.8 Å². The van der Waals surface area contributed by atoms with Gasteiger partial charge in [-0.1, -0.05) is 6.07 Å². The van der Waals surface area contributed by atoms with E-state index in [1.165, 1.54) is 11.8 Å². The molecule has 2 aromatic rings. The minimum Gasteiger partial charge on any atom is -0.338 e. The molecule has 0 spiro atoms. The number of carbonyl (C=O) groups is 2. The Morgan fingerprint density at radius 3 is 2.52 bits per heavy atom. The monoisotopic (exact) mass is 312 g/mol. The highest BCUT2D eigenvalue weighted by molar-refractivity contribution is 5.92. The van der Waals surface area contributed by atoms with Crippen molar-refractivity contribution in [2.24, 2.45) is 0 Å². The lowest BCUT2D eigenvalue weighted by Crippen LogP contribution is -2.30. The van der Waals surface area contributed by atoms with Crippen molar-refractivity contribution in [1.82, 2.24) is 10.3 Å². The number of nitrogens with zero attached hydrogens (tertiary/aromatic N) is 2. The smallest absolute Gasteiger partial charge is 0.319 e. The maximum atomic E-state index is 11.8. The van der Waals surface area contributed by atoms with Crippen molar-refractivity contribution in [1.29, 1.82) is 0 Å². The maximum Gasteiger partial charge on any atom is 0.319 e. The van der Waals surface area contributed by atoms with E-state index >= 15 is 0 Å². The molecular weight excluding hydrogens is 292 g/mol. The predicted octanol–water partition coefficient (Wildman–Crippen LogP) is 2.43. The van der Waals surface area contributed by atoms with Crippen LogP contribution in [0.15, 0.2) is 48.8 Å². The summed E-state index contributed by atoms with van der Waals surface area (Å²) in [5.41, 5.74) is 2.52. The summed E-state index contributed by atoms with van der Waals surface area (Å²) in [4.78, 5) is 28.7. The Kier molecular flexibility index (Phi) is 5.68. The molecule has 2 rings (SSSR count). The SMILES string of the molecule is CC(=O)N(C)c1ccc(NC(=O)NCCc2cccnc2)cc1. The average molecular weight is 312 g/mol. The number of pyridine rings is 1. The highest BCUT2D eigenvalue weighted by Gasteiger charge is 2.06. The first kappa shape index (κ1) is 16.5. The number of hydrogen-bond acceptors (Lipinski definition) is 3. The van der Waals surface area contributed by atoms with E-state index in [4.69, 9.17) is 0 Å². The molecule has 2 N–H and O–H groups in total. The zero-order valence-corrected chi connectivity index (χ0v) is 13.2. The summed E-state index contributed by atoms with van der Waals surface area (Å²) in [5.74, 6) is -0.0427. The van der Waals surface area contributed by atoms with Crippen LogP contribution < -0.4 is 15.5 Å². The van der Waals surface area contributed by atoms with Gasteiger partial charge in [0.25, 0.3) is 0 Å². The zero-order valence-electron chi connectivity index (χ0n) is 13.2. The molecule has 0 radical (unpaired) electrons. The molecule has 0 bridgehead atoms. The highest BCUT2D eigenvalue weighted by atomic mass is 16.2. The van der Waals surface area contributed by atoms with Gasteiger partial charge in [0.05, 0.1) is 0 Å². The van der Waals surface area contributed by atoms with Gasteiger partial charge in [0, 0.05) is 44.3 Å². The predicted molar refractivity (Wildman–Crippen MR) is 90.5 cm³/mol. The lowest BCUT2D eigenvalue weighted by molar-refractivity contribution is -0.116. The van der Waals surface area contributed by atoms with Gasteiger partial charge >= 0.3 is 6.03 Å². The second kappa shape index (κ2) is 7.93. The van der Waals surface area contributed by atoms with E-state index < -0.39 is 0 Å². The van der Waals surface area contributed by atoms with E-state index in [1.54, 1.807) is 43.7 Å². The molecule has 23 heavy (non-hydrogen) atoms. The average Bonchev–Trinajstić information content (AvgIpc) is 2.56. The van der Waals surface area contributed by atoms with Crippen LogP contribution in [0.5, 0.6) is 0 Å². The van der Waals surface area contributed by atoms with Crippen molar-refractivity contribution in [3.05, 3.63) is 54.4 Å². The summed E-state index contributed by atoms with van der Waals surface area (Å²) in [6.07, 6.45) is 4.23. The van der Waals surface area contributed by atoms with Crippen molar-refractivity contribution < 1.29 is 9.59 Å². The van der Waals surface area contributed by atoms with E-state index in [9.17, 15) is 9.59 Å². The summed E-state index contributed by atoms with van der Waals surface area (Å²) in [5, 5.41) is 5.55. The van der Waals surface area contributed by atoms with Crippen LogP contribution in [0.25, 0.3) is 0 Å². The highest BCUT2D eigenvalue weighted by Crippen LogP contribution is 2.16. The molecule has 0 saturated carbocycles. The van der Waals surface area contributed by atoms with Gasteiger partial charge in [0.1, 0.15) is 0 Å². The molecule has 0 fully saturated rings. The quantitative estimate of drug-likeness (QED) is 0.890. The second-order valence-corrected chi connectivity index (χ2v) is 5.12. The van der Waals surface area contributed by atoms with Crippen molar-refractivity contribution in [3.8, 4) is 0 Å². The molecule has 1 aromatic carbocycles.